The van der Waals surface area contributed by atoms with Crippen LogP contribution in [0.15, 0.2) is 32.3 Å². The maximum Gasteiger partial charge on any atom is 0.419 e. The van der Waals surface area contributed by atoms with Crippen LogP contribution in [0.4, 0.5) is 0 Å². The van der Waals surface area contributed by atoms with Gasteiger partial charge in [-0.15, -0.1) is 0 Å². The number of nitrogens with zero attached hydrogens (tertiary/aromatic N) is 1. The van der Waals surface area contributed by atoms with E-state index in [1.165, 1.54) is 22.8 Å². The van der Waals surface area contributed by atoms with E-state index in [0.29, 0.717) is 25.2 Å². The molecule has 1 aromatic carbocycles. The van der Waals surface area contributed by atoms with Gasteiger partial charge in [0.25, 0.3) is 0 Å². The van der Waals surface area contributed by atoms with Crippen LogP contribution in [-0.4, -0.2) is 39.0 Å². The van der Waals surface area contributed by atoms with Crippen LogP contribution in [0.25, 0.3) is 11.1 Å². The Balaban J connectivity index is 2.08. The van der Waals surface area contributed by atoms with E-state index in [1.54, 1.807) is 7.05 Å². The molecule has 0 amide bonds. The second-order valence-electron chi connectivity index (χ2n) is 5.08. The van der Waals surface area contributed by atoms with Gasteiger partial charge in [-0.25, -0.2) is 17.9 Å². The number of hydrogen-bond acceptors (Lipinski definition) is 6. The Bertz CT molecular complexity index is 833. The van der Waals surface area contributed by atoms with Crippen molar-refractivity contribution in [2.45, 2.75) is 31.5 Å². The number of ether oxygens (including phenoxy) is 2. The van der Waals surface area contributed by atoms with Gasteiger partial charge in [0.2, 0.25) is 10.0 Å². The average molecular weight is 358 g/mol. The Labute approximate surface area is 140 Å². The first-order valence-corrected chi connectivity index (χ1v) is 9.19. The number of sulfonamides is 1. The van der Waals surface area contributed by atoms with Crippen molar-refractivity contribution in [3.63, 3.8) is 0 Å². The number of benzene rings is 1. The number of nitrogens with one attached hydrogen (secondary N) is 1. The highest BCUT2D eigenvalue weighted by atomic mass is 32.2. The Hall–Kier alpha value is -1.68. The third-order valence-electron chi connectivity index (χ3n) is 3.45. The number of aromatic nitrogens is 1. The number of fused-ring (bicyclic) bond motifs is 1. The van der Waals surface area contributed by atoms with Crippen LogP contribution in [0.1, 0.15) is 20.3 Å². The van der Waals surface area contributed by atoms with Crippen LogP contribution in [-0.2, 0) is 26.5 Å². The van der Waals surface area contributed by atoms with Gasteiger partial charge >= 0.3 is 5.76 Å². The van der Waals surface area contributed by atoms with Crippen molar-refractivity contribution in [2.24, 2.45) is 7.05 Å². The van der Waals surface area contributed by atoms with E-state index >= 15 is 0 Å². The second-order valence-corrected chi connectivity index (χ2v) is 6.85. The average Bonchev–Trinajstić information content (AvgIpc) is 2.82. The van der Waals surface area contributed by atoms with Crippen LogP contribution in [0.5, 0.6) is 0 Å². The van der Waals surface area contributed by atoms with Gasteiger partial charge in [-0.05, 0) is 26.0 Å². The highest BCUT2D eigenvalue weighted by molar-refractivity contribution is 7.89. The molecule has 0 bridgehead atoms. The third-order valence-corrected chi connectivity index (χ3v) is 4.91. The zero-order valence-electron chi connectivity index (χ0n) is 13.9. The minimum absolute atomic E-state index is 0.0359. The van der Waals surface area contributed by atoms with Crippen molar-refractivity contribution in [3.05, 3.63) is 28.7 Å². The monoisotopic (exact) mass is 358 g/mol. The van der Waals surface area contributed by atoms with E-state index in [4.69, 9.17) is 13.9 Å². The molecule has 0 aliphatic carbocycles. The summed E-state index contributed by atoms with van der Waals surface area (Å²) < 4.78 is 44.2. The molecule has 134 valence electrons. The Morgan fingerprint density at radius 1 is 1.25 bits per heavy atom. The lowest BCUT2D eigenvalue weighted by Crippen LogP contribution is -2.29. The van der Waals surface area contributed by atoms with E-state index in [1.807, 2.05) is 13.8 Å². The first kappa shape index (κ1) is 18.7. The molecule has 24 heavy (non-hydrogen) atoms. The molecule has 0 aliphatic heterocycles. The molecule has 0 saturated carbocycles. The fourth-order valence-corrected chi connectivity index (χ4v) is 3.32. The molecule has 9 heteroatoms. The van der Waals surface area contributed by atoms with Crippen molar-refractivity contribution >= 4 is 21.1 Å². The standard InChI is InChI=1S/C15H22N2O6S/c1-4-21-14(22-5-2)8-9-16-24(19,20)11-6-7-12-13(10-11)23-15(18)17(12)3/h6-7,10,14,16H,4-5,8-9H2,1-3H3. The van der Waals surface area contributed by atoms with Gasteiger partial charge < -0.3 is 13.9 Å². The number of oxazole rings is 1. The summed E-state index contributed by atoms with van der Waals surface area (Å²) in [4.78, 5) is 11.5. The van der Waals surface area contributed by atoms with Crippen molar-refractivity contribution < 1.29 is 22.3 Å². The predicted octanol–water partition coefficient (Wildman–Crippen LogP) is 1.20. The molecule has 0 fully saturated rings. The maximum atomic E-state index is 12.3. The smallest absolute Gasteiger partial charge is 0.408 e. The van der Waals surface area contributed by atoms with Crippen molar-refractivity contribution in [2.75, 3.05) is 19.8 Å². The minimum Gasteiger partial charge on any atom is -0.408 e. The molecule has 0 saturated heterocycles. The molecule has 1 aromatic heterocycles. The summed E-state index contributed by atoms with van der Waals surface area (Å²) in [6.45, 7) is 4.84. The lowest BCUT2D eigenvalue weighted by molar-refractivity contribution is -0.138. The molecule has 1 N–H and O–H groups in total. The maximum absolute atomic E-state index is 12.3. The Morgan fingerprint density at radius 2 is 1.92 bits per heavy atom. The zero-order chi connectivity index (χ0) is 17.7. The molecule has 2 rings (SSSR count). The lowest BCUT2D eigenvalue weighted by atomic mass is 10.3. The number of rotatable bonds is 9. The van der Waals surface area contributed by atoms with Crippen LogP contribution in [0, 0.1) is 0 Å². The van der Waals surface area contributed by atoms with Crippen LogP contribution in [0.2, 0.25) is 0 Å². The molecule has 1 heterocycles. The van der Waals surface area contributed by atoms with E-state index in [0.717, 1.165) is 0 Å². The molecule has 2 aromatic rings. The predicted molar refractivity (Wildman–Crippen MR) is 88.3 cm³/mol. The topological polar surface area (TPSA) is 99.8 Å². The summed E-state index contributed by atoms with van der Waals surface area (Å²) in [6.07, 6.45) is -0.0545. The van der Waals surface area contributed by atoms with Gasteiger partial charge in [-0.2, -0.15) is 0 Å². The number of aryl methyl sites for hydroxylation is 1. The fourth-order valence-electron chi connectivity index (χ4n) is 2.26. The highest BCUT2D eigenvalue weighted by Gasteiger charge is 2.17. The van der Waals surface area contributed by atoms with Gasteiger partial charge in [-0.3, -0.25) is 4.57 Å². The van der Waals surface area contributed by atoms with Gasteiger partial charge in [-0.1, -0.05) is 0 Å². The van der Waals surface area contributed by atoms with Crippen LogP contribution < -0.4 is 10.5 Å². The first-order chi connectivity index (χ1) is 11.4. The molecule has 0 spiro atoms. The summed E-state index contributed by atoms with van der Waals surface area (Å²) in [6, 6.07) is 4.31. The SMILES string of the molecule is CCOC(CCNS(=O)(=O)c1ccc2c(c1)oc(=O)n2C)OCC. The molecular formula is C15H22N2O6S. The van der Waals surface area contributed by atoms with E-state index in [9.17, 15) is 13.2 Å². The van der Waals surface area contributed by atoms with Gasteiger partial charge in [0.15, 0.2) is 11.9 Å². The molecule has 0 radical (unpaired) electrons. The molecule has 0 atom stereocenters. The van der Waals surface area contributed by atoms with Crippen molar-refractivity contribution in [3.8, 4) is 0 Å². The largest absolute Gasteiger partial charge is 0.419 e. The van der Waals surface area contributed by atoms with E-state index in [-0.39, 0.29) is 17.0 Å². The zero-order valence-corrected chi connectivity index (χ0v) is 14.8. The molecule has 8 nitrogen and oxygen atoms in total. The van der Waals surface area contributed by atoms with Gasteiger partial charge in [0, 0.05) is 39.3 Å². The van der Waals surface area contributed by atoms with Crippen LogP contribution >= 0.6 is 0 Å². The van der Waals surface area contributed by atoms with Crippen LogP contribution in [0.3, 0.4) is 0 Å². The summed E-state index contributed by atoms with van der Waals surface area (Å²) in [7, 11) is -2.16. The Kier molecular flexibility index (Phi) is 6.16. The molecular weight excluding hydrogens is 336 g/mol. The Morgan fingerprint density at radius 3 is 2.54 bits per heavy atom. The second kappa shape index (κ2) is 7.93. The van der Waals surface area contributed by atoms with Crippen molar-refractivity contribution in [1.82, 2.24) is 9.29 Å². The quantitative estimate of drug-likeness (QED) is 0.676. The third kappa shape index (κ3) is 4.23. The normalized spacial score (nSPS) is 12.3. The fraction of sp³-hybridized carbons (Fsp3) is 0.533. The minimum atomic E-state index is -3.71. The van der Waals surface area contributed by atoms with E-state index in [2.05, 4.69) is 4.72 Å². The van der Waals surface area contributed by atoms with Gasteiger partial charge in [0.05, 0.1) is 10.4 Å². The van der Waals surface area contributed by atoms with Gasteiger partial charge in [0.1, 0.15) is 0 Å². The first-order valence-electron chi connectivity index (χ1n) is 7.71. The van der Waals surface area contributed by atoms with Crippen molar-refractivity contribution in [1.29, 1.82) is 0 Å². The summed E-state index contributed by atoms with van der Waals surface area (Å²) in [5.41, 5.74) is 0.763. The van der Waals surface area contributed by atoms with E-state index < -0.39 is 22.1 Å². The molecule has 0 aliphatic rings. The number of hydrogen-bond donors (Lipinski definition) is 1. The summed E-state index contributed by atoms with van der Waals surface area (Å²) in [5.74, 6) is -0.538. The summed E-state index contributed by atoms with van der Waals surface area (Å²) >= 11 is 0. The molecule has 0 unspecified atom stereocenters. The highest BCUT2D eigenvalue weighted by Crippen LogP contribution is 2.18. The lowest BCUT2D eigenvalue weighted by Gasteiger charge is -2.17. The summed E-state index contributed by atoms with van der Waals surface area (Å²) in [5, 5.41) is 0.